The molecule has 0 spiro atoms. The van der Waals surface area contributed by atoms with Gasteiger partial charge in [0.1, 0.15) is 17.8 Å². The fourth-order valence-electron chi connectivity index (χ4n) is 2.64. The van der Waals surface area contributed by atoms with E-state index < -0.39 is 0 Å². The van der Waals surface area contributed by atoms with E-state index in [4.69, 9.17) is 5.11 Å². The maximum atomic E-state index is 8.97. The Hall–Kier alpha value is -1.66. The molecule has 0 atom stereocenters. The molecule has 6 nitrogen and oxygen atoms in total. The zero-order chi connectivity index (χ0) is 13.2. The highest BCUT2D eigenvalue weighted by Crippen LogP contribution is 2.24. The molecule has 0 aliphatic carbocycles. The van der Waals surface area contributed by atoms with Gasteiger partial charge in [0.15, 0.2) is 0 Å². The van der Waals surface area contributed by atoms with Crippen LogP contribution in [-0.4, -0.2) is 63.9 Å². The second kappa shape index (κ2) is 5.14. The first-order valence-corrected chi connectivity index (χ1v) is 6.64. The monoisotopic (exact) mass is 261 g/mol. The Morgan fingerprint density at radius 1 is 1.21 bits per heavy atom. The standard InChI is InChI=1S/C13H19N5O/c1-16-3-2-11-12(16)14-10-15-13(11)18-6-4-17(5-7-18)8-9-19/h2-3,10,19H,4-9H2,1H3. The number of piperazine rings is 1. The molecule has 0 unspecified atom stereocenters. The molecule has 19 heavy (non-hydrogen) atoms. The largest absolute Gasteiger partial charge is 0.395 e. The van der Waals surface area contributed by atoms with Crippen LogP contribution in [0.5, 0.6) is 0 Å². The third-order valence-corrected chi connectivity index (χ3v) is 3.73. The number of hydrogen-bond donors (Lipinski definition) is 1. The van der Waals surface area contributed by atoms with Gasteiger partial charge in [0, 0.05) is 46.0 Å². The van der Waals surface area contributed by atoms with Crippen LogP contribution in [-0.2, 0) is 7.05 Å². The summed E-state index contributed by atoms with van der Waals surface area (Å²) in [6.07, 6.45) is 3.66. The van der Waals surface area contributed by atoms with Gasteiger partial charge >= 0.3 is 0 Å². The molecular weight excluding hydrogens is 242 g/mol. The molecule has 0 amide bonds. The summed E-state index contributed by atoms with van der Waals surface area (Å²) >= 11 is 0. The zero-order valence-electron chi connectivity index (χ0n) is 11.2. The third kappa shape index (κ3) is 2.29. The summed E-state index contributed by atoms with van der Waals surface area (Å²) in [5, 5.41) is 10.1. The van der Waals surface area contributed by atoms with E-state index in [-0.39, 0.29) is 6.61 Å². The van der Waals surface area contributed by atoms with E-state index in [1.807, 2.05) is 17.8 Å². The molecule has 1 aliphatic heterocycles. The van der Waals surface area contributed by atoms with Crippen LogP contribution in [0.3, 0.4) is 0 Å². The SMILES string of the molecule is Cn1ccc2c(N3CCN(CCO)CC3)ncnc21. The predicted molar refractivity (Wildman–Crippen MR) is 74.2 cm³/mol. The maximum absolute atomic E-state index is 8.97. The molecule has 1 aliphatic rings. The first-order chi connectivity index (χ1) is 9.29. The molecule has 0 aromatic carbocycles. The van der Waals surface area contributed by atoms with Crippen LogP contribution in [0.1, 0.15) is 0 Å². The van der Waals surface area contributed by atoms with E-state index >= 15 is 0 Å². The van der Waals surface area contributed by atoms with Crippen molar-refractivity contribution in [3.05, 3.63) is 18.6 Å². The van der Waals surface area contributed by atoms with Gasteiger partial charge in [0.05, 0.1) is 12.0 Å². The molecule has 3 heterocycles. The molecule has 2 aromatic heterocycles. The van der Waals surface area contributed by atoms with Crippen molar-refractivity contribution in [2.45, 2.75) is 0 Å². The molecule has 3 rings (SSSR count). The molecule has 0 saturated carbocycles. The van der Waals surface area contributed by atoms with Gasteiger partial charge in [-0.15, -0.1) is 0 Å². The Morgan fingerprint density at radius 2 is 2.00 bits per heavy atom. The molecule has 0 radical (unpaired) electrons. The van der Waals surface area contributed by atoms with Crippen LogP contribution in [0.25, 0.3) is 11.0 Å². The van der Waals surface area contributed by atoms with Crippen LogP contribution in [0.2, 0.25) is 0 Å². The lowest BCUT2D eigenvalue weighted by Gasteiger charge is -2.35. The number of aromatic nitrogens is 3. The van der Waals surface area contributed by atoms with Crippen LogP contribution in [0, 0.1) is 0 Å². The Bertz CT molecular complexity index is 559. The average Bonchev–Trinajstić information content (AvgIpc) is 2.82. The highest BCUT2D eigenvalue weighted by molar-refractivity contribution is 5.87. The maximum Gasteiger partial charge on any atom is 0.145 e. The molecule has 102 valence electrons. The zero-order valence-corrected chi connectivity index (χ0v) is 11.2. The Kier molecular flexibility index (Phi) is 3.35. The highest BCUT2D eigenvalue weighted by atomic mass is 16.3. The van der Waals surface area contributed by atoms with Crippen LogP contribution in [0.4, 0.5) is 5.82 Å². The van der Waals surface area contributed by atoms with E-state index in [2.05, 4.69) is 25.8 Å². The van der Waals surface area contributed by atoms with Gasteiger partial charge in [-0.05, 0) is 6.07 Å². The number of rotatable bonds is 3. The Morgan fingerprint density at radius 3 is 2.74 bits per heavy atom. The van der Waals surface area contributed by atoms with Crippen LogP contribution < -0.4 is 4.90 Å². The van der Waals surface area contributed by atoms with Gasteiger partial charge in [-0.25, -0.2) is 9.97 Å². The molecule has 2 aromatic rings. The minimum Gasteiger partial charge on any atom is -0.395 e. The van der Waals surface area contributed by atoms with E-state index in [1.54, 1.807) is 6.33 Å². The van der Waals surface area contributed by atoms with Gasteiger partial charge in [0.25, 0.3) is 0 Å². The number of fused-ring (bicyclic) bond motifs is 1. The first-order valence-electron chi connectivity index (χ1n) is 6.64. The van der Waals surface area contributed by atoms with Gasteiger partial charge in [-0.2, -0.15) is 0 Å². The normalized spacial score (nSPS) is 17.3. The van der Waals surface area contributed by atoms with E-state index in [0.29, 0.717) is 0 Å². The Balaban J connectivity index is 1.82. The fraction of sp³-hybridized carbons (Fsp3) is 0.538. The molecule has 0 bridgehead atoms. The number of nitrogens with zero attached hydrogens (tertiary/aromatic N) is 5. The minimum absolute atomic E-state index is 0.233. The second-order valence-corrected chi connectivity index (χ2v) is 4.91. The van der Waals surface area contributed by atoms with E-state index in [1.165, 1.54) is 0 Å². The van der Waals surface area contributed by atoms with Crippen molar-refractivity contribution < 1.29 is 5.11 Å². The molecule has 6 heteroatoms. The highest BCUT2D eigenvalue weighted by Gasteiger charge is 2.19. The first kappa shape index (κ1) is 12.4. The topological polar surface area (TPSA) is 57.4 Å². The minimum atomic E-state index is 0.233. The van der Waals surface area contributed by atoms with Crippen molar-refractivity contribution >= 4 is 16.9 Å². The molecular formula is C13H19N5O. The second-order valence-electron chi connectivity index (χ2n) is 4.91. The summed E-state index contributed by atoms with van der Waals surface area (Å²) in [5.74, 6) is 1.02. The van der Waals surface area contributed by atoms with E-state index in [9.17, 15) is 0 Å². The number of aliphatic hydroxyl groups excluding tert-OH is 1. The summed E-state index contributed by atoms with van der Waals surface area (Å²) in [7, 11) is 2.00. The quantitative estimate of drug-likeness (QED) is 0.848. The number of hydrogen-bond acceptors (Lipinski definition) is 5. The number of aryl methyl sites for hydroxylation is 1. The van der Waals surface area contributed by atoms with Crippen molar-refractivity contribution in [2.75, 3.05) is 44.2 Å². The van der Waals surface area contributed by atoms with Crippen LogP contribution in [0.15, 0.2) is 18.6 Å². The van der Waals surface area contributed by atoms with Crippen molar-refractivity contribution in [3.63, 3.8) is 0 Å². The van der Waals surface area contributed by atoms with Crippen LogP contribution >= 0.6 is 0 Å². The van der Waals surface area contributed by atoms with Gasteiger partial charge in [-0.3, -0.25) is 4.90 Å². The molecule has 1 fully saturated rings. The molecule has 1 N–H and O–H groups in total. The van der Waals surface area contributed by atoms with Crippen molar-refractivity contribution in [1.82, 2.24) is 19.4 Å². The van der Waals surface area contributed by atoms with Crippen molar-refractivity contribution in [1.29, 1.82) is 0 Å². The molecule has 1 saturated heterocycles. The summed E-state index contributed by atoms with van der Waals surface area (Å²) in [5.41, 5.74) is 0.975. The number of β-amino-alcohol motifs (C(OH)–C–C–N with tert-alkyl or cyclic N) is 1. The lowest BCUT2D eigenvalue weighted by Crippen LogP contribution is -2.47. The van der Waals surface area contributed by atoms with Crippen molar-refractivity contribution in [2.24, 2.45) is 7.05 Å². The average molecular weight is 261 g/mol. The third-order valence-electron chi connectivity index (χ3n) is 3.73. The smallest absolute Gasteiger partial charge is 0.145 e. The van der Waals surface area contributed by atoms with Gasteiger partial charge < -0.3 is 14.6 Å². The summed E-state index contributed by atoms with van der Waals surface area (Å²) in [4.78, 5) is 13.4. The van der Waals surface area contributed by atoms with Crippen molar-refractivity contribution in [3.8, 4) is 0 Å². The number of anilines is 1. The predicted octanol–water partition coefficient (Wildman–Crippen LogP) is 0.0826. The lowest BCUT2D eigenvalue weighted by molar-refractivity contribution is 0.188. The van der Waals surface area contributed by atoms with Gasteiger partial charge in [0.2, 0.25) is 0 Å². The fourth-order valence-corrected chi connectivity index (χ4v) is 2.64. The summed E-state index contributed by atoms with van der Waals surface area (Å²) < 4.78 is 2.02. The Labute approximate surface area is 112 Å². The van der Waals surface area contributed by atoms with E-state index in [0.717, 1.165) is 49.6 Å². The summed E-state index contributed by atoms with van der Waals surface area (Å²) in [6.45, 7) is 4.83. The number of aliphatic hydroxyl groups is 1. The lowest BCUT2D eigenvalue weighted by atomic mass is 10.2. The van der Waals surface area contributed by atoms with Gasteiger partial charge in [-0.1, -0.05) is 0 Å². The summed E-state index contributed by atoms with van der Waals surface area (Å²) in [6, 6.07) is 2.07.